The van der Waals surface area contributed by atoms with E-state index in [2.05, 4.69) is 4.98 Å². The number of nitrogens with two attached hydrogens (primary N) is 1. The Morgan fingerprint density at radius 3 is 2.83 bits per heavy atom. The zero-order valence-electron chi connectivity index (χ0n) is 15.4. The van der Waals surface area contributed by atoms with Crippen LogP contribution in [0.5, 0.6) is 0 Å². The summed E-state index contributed by atoms with van der Waals surface area (Å²) < 4.78 is 40.0. The molecular formula is C18H17ClF3N3O3S2. The van der Waals surface area contributed by atoms with E-state index in [1.54, 1.807) is 4.90 Å². The van der Waals surface area contributed by atoms with Crippen LogP contribution in [-0.2, 0) is 11.0 Å². The van der Waals surface area contributed by atoms with Crippen molar-refractivity contribution in [2.24, 2.45) is 5.73 Å². The number of amides is 1. The Hall–Kier alpha value is -1.82. The first-order valence-corrected chi connectivity index (χ1v) is 11.1. The number of nitrogens with zero attached hydrogens (tertiary/aromatic N) is 2. The minimum atomic E-state index is -4.60. The molecule has 3 N–H and O–H groups in total. The molecule has 3 rings (SSSR count). The van der Waals surface area contributed by atoms with Gasteiger partial charge in [-0.3, -0.25) is 4.79 Å². The quantitative estimate of drug-likeness (QED) is 0.575. The zero-order chi connectivity index (χ0) is 22.1. The Balaban J connectivity index is 1.68. The molecule has 1 aliphatic rings. The van der Waals surface area contributed by atoms with E-state index in [1.165, 1.54) is 40.6 Å². The highest BCUT2D eigenvalue weighted by Gasteiger charge is 2.37. The van der Waals surface area contributed by atoms with Gasteiger partial charge in [0, 0.05) is 24.1 Å². The average molecular weight is 480 g/mol. The Morgan fingerprint density at radius 1 is 1.47 bits per heavy atom. The molecular weight excluding hydrogens is 463 g/mol. The molecule has 1 aliphatic heterocycles. The molecule has 1 saturated heterocycles. The van der Waals surface area contributed by atoms with Gasteiger partial charge >= 0.3 is 12.1 Å². The summed E-state index contributed by atoms with van der Waals surface area (Å²) in [6.45, 7) is 0.323. The van der Waals surface area contributed by atoms with Crippen LogP contribution in [0, 0.1) is 0 Å². The number of thioether (sulfide) groups is 1. The number of aromatic nitrogens is 1. The number of carbonyl (C=O) groups is 2. The topological polar surface area (TPSA) is 96.5 Å². The first-order valence-electron chi connectivity index (χ1n) is 8.81. The fourth-order valence-electron chi connectivity index (χ4n) is 3.26. The molecule has 0 spiro atoms. The van der Waals surface area contributed by atoms with Crippen LogP contribution in [0.4, 0.5) is 13.2 Å². The maximum atomic E-state index is 13.2. The highest BCUT2D eigenvalue weighted by Crippen LogP contribution is 2.37. The molecule has 6 nitrogen and oxygen atoms in total. The van der Waals surface area contributed by atoms with E-state index in [-0.39, 0.29) is 23.6 Å². The molecule has 1 amide bonds. The Kier molecular flexibility index (Phi) is 6.95. The summed E-state index contributed by atoms with van der Waals surface area (Å²) in [5.74, 6) is -0.776. The van der Waals surface area contributed by atoms with Gasteiger partial charge in [-0.25, -0.2) is 9.78 Å². The monoisotopic (exact) mass is 479 g/mol. The molecule has 12 heteroatoms. The highest BCUT2D eigenvalue weighted by atomic mass is 35.5. The zero-order valence-corrected chi connectivity index (χ0v) is 17.7. The van der Waals surface area contributed by atoms with Crippen LogP contribution in [-0.4, -0.2) is 45.2 Å². The number of carboxylic acids is 1. The Bertz CT molecular complexity index is 954. The van der Waals surface area contributed by atoms with Gasteiger partial charge < -0.3 is 15.7 Å². The minimum Gasteiger partial charge on any atom is -0.476 e. The predicted octanol–water partition coefficient (Wildman–Crippen LogP) is 4.30. The van der Waals surface area contributed by atoms with Crippen LogP contribution < -0.4 is 5.73 Å². The van der Waals surface area contributed by atoms with E-state index in [9.17, 15) is 22.8 Å². The lowest BCUT2D eigenvalue weighted by atomic mass is 9.96. The first-order chi connectivity index (χ1) is 14.1. The number of rotatable bonds is 7. The fourth-order valence-corrected chi connectivity index (χ4v) is 5.30. The summed E-state index contributed by atoms with van der Waals surface area (Å²) in [4.78, 5) is 28.7. The van der Waals surface area contributed by atoms with Crippen LogP contribution in [0.3, 0.4) is 0 Å². The number of thiazole rings is 1. The van der Waals surface area contributed by atoms with Crippen LogP contribution in [0.1, 0.15) is 40.5 Å². The van der Waals surface area contributed by atoms with Crippen LogP contribution in [0.25, 0.3) is 0 Å². The maximum Gasteiger partial charge on any atom is 0.417 e. The maximum absolute atomic E-state index is 13.2. The van der Waals surface area contributed by atoms with Gasteiger partial charge in [0.25, 0.3) is 0 Å². The molecule has 0 radical (unpaired) electrons. The third-order valence-corrected chi connectivity index (χ3v) is 7.06. The summed E-state index contributed by atoms with van der Waals surface area (Å²) in [6.07, 6.45) is -3.89. The smallest absolute Gasteiger partial charge is 0.417 e. The highest BCUT2D eigenvalue weighted by molar-refractivity contribution is 8.01. The molecule has 30 heavy (non-hydrogen) atoms. The first kappa shape index (κ1) is 22.9. The molecule has 0 saturated carbocycles. The molecule has 1 aromatic heterocycles. The number of benzene rings is 1. The number of likely N-dealkylation sites (tertiary alicyclic amines) is 1. The number of hydrogen-bond acceptors (Lipinski definition) is 6. The molecule has 2 aromatic rings. The number of carbonyl (C=O) groups excluding carboxylic acids is 1. The van der Waals surface area contributed by atoms with Crippen LogP contribution in [0.2, 0.25) is 5.02 Å². The number of carboxylic acid groups (broad SMARTS) is 1. The van der Waals surface area contributed by atoms with Crippen molar-refractivity contribution in [1.82, 2.24) is 9.88 Å². The van der Waals surface area contributed by atoms with Gasteiger partial charge in [-0.15, -0.1) is 11.3 Å². The van der Waals surface area contributed by atoms with Crippen molar-refractivity contribution in [2.45, 2.75) is 35.4 Å². The second-order valence-electron chi connectivity index (χ2n) is 6.61. The minimum absolute atomic E-state index is 0.0390. The second kappa shape index (κ2) is 9.13. The Labute approximate surface area is 183 Å². The fraction of sp³-hybridized carbons (Fsp3) is 0.389. The van der Waals surface area contributed by atoms with Crippen LogP contribution in [0.15, 0.2) is 27.9 Å². The molecule has 2 heterocycles. The summed E-state index contributed by atoms with van der Waals surface area (Å²) in [7, 11) is 0. The number of hydrogen-bond donors (Lipinski definition) is 2. The third-order valence-electron chi connectivity index (χ3n) is 4.73. The largest absolute Gasteiger partial charge is 0.476 e. The number of alkyl halides is 3. The van der Waals surface area contributed by atoms with Gasteiger partial charge in [-0.2, -0.15) is 13.2 Å². The normalized spacial score (nSPS) is 18.1. The van der Waals surface area contributed by atoms with Gasteiger partial charge in [0.2, 0.25) is 5.91 Å². The van der Waals surface area contributed by atoms with Gasteiger partial charge in [-0.05, 0) is 24.1 Å². The molecule has 1 fully saturated rings. The standard InChI is InChI=1S/C18H17ClF3N3O3S2/c19-11-2-1-9(7-10(11)18(20,21)22)15(23)13-3-4-14(26)25(13)5-6-29-17-24-12(8-30-17)16(27)28/h1-2,7-8,13,15H,3-6,23H2,(H,27,28)/t13-,15?/m1/s1. The van der Waals surface area contributed by atoms with Crippen molar-refractivity contribution in [3.63, 3.8) is 0 Å². The molecule has 0 bridgehead atoms. The molecule has 2 atom stereocenters. The summed E-state index contributed by atoms with van der Waals surface area (Å²) in [5, 5.41) is 9.94. The van der Waals surface area contributed by atoms with Crippen molar-refractivity contribution >= 4 is 46.6 Å². The molecule has 0 aliphatic carbocycles. The van der Waals surface area contributed by atoms with E-state index < -0.39 is 34.8 Å². The average Bonchev–Trinajstić information content (AvgIpc) is 3.28. The van der Waals surface area contributed by atoms with E-state index in [1.807, 2.05) is 0 Å². The molecule has 1 aromatic carbocycles. The summed E-state index contributed by atoms with van der Waals surface area (Å²) in [5.41, 5.74) is 5.51. The number of halogens is 4. The number of aromatic carboxylic acids is 1. The lowest BCUT2D eigenvalue weighted by Gasteiger charge is -2.30. The van der Waals surface area contributed by atoms with Crippen molar-refractivity contribution in [3.8, 4) is 0 Å². The van der Waals surface area contributed by atoms with E-state index in [0.717, 1.165) is 6.07 Å². The summed E-state index contributed by atoms with van der Waals surface area (Å²) in [6, 6.07) is 2.32. The summed E-state index contributed by atoms with van der Waals surface area (Å²) >= 11 is 8.18. The van der Waals surface area contributed by atoms with E-state index in [4.69, 9.17) is 22.4 Å². The molecule has 1 unspecified atom stereocenters. The third kappa shape index (κ3) is 5.08. The molecule has 162 valence electrons. The van der Waals surface area contributed by atoms with Crippen molar-refractivity contribution in [3.05, 3.63) is 45.4 Å². The van der Waals surface area contributed by atoms with Gasteiger partial charge in [0.05, 0.1) is 22.7 Å². The lowest BCUT2D eigenvalue weighted by Crippen LogP contribution is -2.41. The van der Waals surface area contributed by atoms with E-state index >= 15 is 0 Å². The van der Waals surface area contributed by atoms with Crippen LogP contribution >= 0.6 is 34.7 Å². The lowest BCUT2D eigenvalue weighted by molar-refractivity contribution is -0.137. The van der Waals surface area contributed by atoms with Gasteiger partial charge in [-0.1, -0.05) is 29.4 Å². The van der Waals surface area contributed by atoms with E-state index in [0.29, 0.717) is 23.1 Å². The van der Waals surface area contributed by atoms with Gasteiger partial charge in [0.15, 0.2) is 10.0 Å². The Morgan fingerprint density at radius 2 is 2.20 bits per heavy atom. The second-order valence-corrected chi connectivity index (χ2v) is 9.22. The SMILES string of the molecule is NC(c1ccc(Cl)c(C(F)(F)F)c1)[C@H]1CCC(=O)N1CCSc1nc(C(=O)O)cs1. The predicted molar refractivity (Wildman–Crippen MR) is 108 cm³/mol. The van der Waals surface area contributed by atoms with Gasteiger partial charge in [0.1, 0.15) is 0 Å². The van der Waals surface area contributed by atoms with Crippen molar-refractivity contribution in [1.29, 1.82) is 0 Å². The van der Waals surface area contributed by atoms with Crippen molar-refractivity contribution < 1.29 is 27.9 Å². The van der Waals surface area contributed by atoms with Crippen molar-refractivity contribution in [2.75, 3.05) is 12.3 Å².